The first-order chi connectivity index (χ1) is 6.61. The molecule has 1 heterocycles. The predicted molar refractivity (Wildman–Crippen MR) is 55.8 cm³/mol. The van der Waals surface area contributed by atoms with E-state index in [0.29, 0.717) is 6.61 Å². The Kier molecular flexibility index (Phi) is 3.69. The van der Waals surface area contributed by atoms with E-state index in [9.17, 15) is 4.79 Å². The summed E-state index contributed by atoms with van der Waals surface area (Å²) in [5.41, 5.74) is 0.857. The number of carbonyl (C=O) groups is 1. The Bertz CT molecular complexity index is 248. The zero-order valence-corrected chi connectivity index (χ0v) is 9.38. The average molecular weight is 198 g/mol. The summed E-state index contributed by atoms with van der Waals surface area (Å²) in [7, 11) is 2.22. The van der Waals surface area contributed by atoms with Gasteiger partial charge >= 0.3 is 5.97 Å². The quantitative estimate of drug-likeness (QED) is 0.505. The summed E-state index contributed by atoms with van der Waals surface area (Å²) in [6.45, 7) is 7.60. The minimum Gasteiger partial charge on any atom is -0.463 e. The molecule has 1 aliphatic heterocycles. The Morgan fingerprint density at radius 1 is 1.57 bits per heavy atom. The molecule has 1 unspecified atom stereocenters. The van der Waals surface area contributed by atoms with Crippen molar-refractivity contribution in [1.29, 1.82) is 0 Å². The maximum absolute atomic E-state index is 11.4. The third kappa shape index (κ3) is 2.58. The molecular formula is C11H20NO2+. The van der Waals surface area contributed by atoms with Crippen molar-refractivity contribution in [3.63, 3.8) is 0 Å². The van der Waals surface area contributed by atoms with Crippen LogP contribution >= 0.6 is 0 Å². The van der Waals surface area contributed by atoms with Gasteiger partial charge in [-0.15, -0.1) is 0 Å². The van der Waals surface area contributed by atoms with E-state index in [0.717, 1.165) is 36.1 Å². The lowest BCUT2D eigenvalue weighted by Crippen LogP contribution is -2.47. The van der Waals surface area contributed by atoms with Crippen LogP contribution in [-0.2, 0) is 9.53 Å². The Labute approximate surface area is 85.9 Å². The van der Waals surface area contributed by atoms with Crippen LogP contribution in [0.15, 0.2) is 11.6 Å². The normalized spacial score (nSPS) is 26.9. The van der Waals surface area contributed by atoms with Crippen LogP contribution in [0, 0.1) is 0 Å². The average Bonchev–Trinajstić information content (AvgIpc) is 2.19. The molecule has 0 aromatic heterocycles. The molecule has 0 N–H and O–H groups in total. The molecule has 0 aromatic rings. The first-order valence-electron chi connectivity index (χ1n) is 5.31. The van der Waals surface area contributed by atoms with Crippen LogP contribution in [0.25, 0.3) is 0 Å². The van der Waals surface area contributed by atoms with E-state index in [4.69, 9.17) is 4.74 Å². The van der Waals surface area contributed by atoms with Gasteiger partial charge in [0.1, 0.15) is 0 Å². The fraction of sp³-hybridized carbons (Fsp3) is 0.727. The van der Waals surface area contributed by atoms with Crippen molar-refractivity contribution in [3.05, 3.63) is 11.6 Å². The van der Waals surface area contributed by atoms with Crippen LogP contribution in [0.5, 0.6) is 0 Å². The number of carbonyl (C=O) groups excluding carboxylic acids is 1. The van der Waals surface area contributed by atoms with Gasteiger partial charge in [0, 0.05) is 12.0 Å². The maximum Gasteiger partial charge on any atom is 0.334 e. The van der Waals surface area contributed by atoms with E-state index >= 15 is 0 Å². The van der Waals surface area contributed by atoms with Crippen LogP contribution in [0.4, 0.5) is 0 Å². The second-order valence-electron chi connectivity index (χ2n) is 4.04. The molecule has 1 aliphatic rings. The Hall–Kier alpha value is -0.830. The molecule has 14 heavy (non-hydrogen) atoms. The summed E-state index contributed by atoms with van der Waals surface area (Å²) in [5, 5.41) is 0. The van der Waals surface area contributed by atoms with Crippen molar-refractivity contribution in [1.82, 2.24) is 0 Å². The van der Waals surface area contributed by atoms with Gasteiger partial charge in [-0.1, -0.05) is 0 Å². The second-order valence-corrected chi connectivity index (χ2v) is 4.04. The van der Waals surface area contributed by atoms with Crippen molar-refractivity contribution in [3.8, 4) is 0 Å². The highest BCUT2D eigenvalue weighted by Crippen LogP contribution is 2.17. The number of hydrogen-bond acceptors (Lipinski definition) is 2. The van der Waals surface area contributed by atoms with Gasteiger partial charge in [0.15, 0.2) is 0 Å². The summed E-state index contributed by atoms with van der Waals surface area (Å²) in [5.74, 6) is -0.130. The smallest absolute Gasteiger partial charge is 0.334 e. The van der Waals surface area contributed by atoms with Crippen molar-refractivity contribution in [2.75, 3.05) is 33.3 Å². The highest BCUT2D eigenvalue weighted by atomic mass is 16.5. The zero-order chi connectivity index (χ0) is 10.6. The largest absolute Gasteiger partial charge is 0.463 e. The molecule has 0 aliphatic carbocycles. The summed E-state index contributed by atoms with van der Waals surface area (Å²) in [6, 6.07) is 0. The third-order valence-electron chi connectivity index (χ3n) is 3.00. The predicted octanol–water partition coefficient (Wildman–Crippen LogP) is 1.35. The molecule has 0 fully saturated rings. The van der Waals surface area contributed by atoms with E-state index in [2.05, 4.69) is 14.0 Å². The van der Waals surface area contributed by atoms with Crippen LogP contribution in [-0.4, -0.2) is 43.7 Å². The number of nitrogens with zero attached hydrogens (tertiary/aromatic N) is 1. The zero-order valence-electron chi connectivity index (χ0n) is 9.38. The van der Waals surface area contributed by atoms with Gasteiger partial charge in [0.25, 0.3) is 0 Å². The minimum atomic E-state index is -0.130. The lowest BCUT2D eigenvalue weighted by molar-refractivity contribution is -0.903. The molecule has 1 atom stereocenters. The molecule has 0 amide bonds. The van der Waals surface area contributed by atoms with Gasteiger partial charge in [0.05, 0.1) is 33.3 Å². The van der Waals surface area contributed by atoms with Crippen LogP contribution in [0.2, 0.25) is 0 Å². The van der Waals surface area contributed by atoms with Gasteiger partial charge in [-0.25, -0.2) is 4.79 Å². The summed E-state index contributed by atoms with van der Waals surface area (Å²) < 4.78 is 6.00. The van der Waals surface area contributed by atoms with E-state index in [-0.39, 0.29) is 5.97 Å². The monoisotopic (exact) mass is 198 g/mol. The molecule has 0 aromatic carbocycles. The van der Waals surface area contributed by atoms with Crippen LogP contribution < -0.4 is 0 Å². The van der Waals surface area contributed by atoms with Gasteiger partial charge in [-0.2, -0.15) is 0 Å². The number of likely N-dealkylation sites (N-methyl/N-ethyl adjacent to an activating group) is 1. The lowest BCUT2D eigenvalue weighted by Gasteiger charge is -2.35. The maximum atomic E-state index is 11.4. The van der Waals surface area contributed by atoms with E-state index < -0.39 is 0 Å². The Morgan fingerprint density at radius 3 is 2.71 bits per heavy atom. The number of quaternary nitrogens is 1. The third-order valence-corrected chi connectivity index (χ3v) is 3.00. The SMILES string of the molecule is CCOC(=O)C1=CC[N+](C)(CC)CC1. The van der Waals surface area contributed by atoms with Gasteiger partial charge in [-0.3, -0.25) is 0 Å². The van der Waals surface area contributed by atoms with Crippen molar-refractivity contribution in [2.45, 2.75) is 20.3 Å². The molecule has 0 bridgehead atoms. The second kappa shape index (κ2) is 4.60. The van der Waals surface area contributed by atoms with Crippen LogP contribution in [0.3, 0.4) is 0 Å². The number of ether oxygens (including phenoxy) is 1. The number of rotatable bonds is 3. The summed E-state index contributed by atoms with van der Waals surface area (Å²) in [4.78, 5) is 11.4. The van der Waals surface area contributed by atoms with Crippen molar-refractivity contribution >= 4 is 5.97 Å². The molecule has 3 heteroatoms. The molecule has 3 nitrogen and oxygen atoms in total. The van der Waals surface area contributed by atoms with Crippen molar-refractivity contribution < 1.29 is 14.0 Å². The van der Waals surface area contributed by atoms with Gasteiger partial charge in [-0.05, 0) is 19.9 Å². The lowest BCUT2D eigenvalue weighted by atomic mass is 10.1. The first-order valence-corrected chi connectivity index (χ1v) is 5.31. The molecule has 1 rings (SSSR count). The van der Waals surface area contributed by atoms with Crippen molar-refractivity contribution in [2.24, 2.45) is 0 Å². The number of esters is 1. The molecule has 0 saturated heterocycles. The highest BCUT2D eigenvalue weighted by molar-refractivity contribution is 5.88. The Morgan fingerprint density at radius 2 is 2.29 bits per heavy atom. The molecule has 0 spiro atoms. The molecule has 0 radical (unpaired) electrons. The van der Waals surface area contributed by atoms with Crippen LogP contribution in [0.1, 0.15) is 20.3 Å². The fourth-order valence-electron chi connectivity index (χ4n) is 1.61. The van der Waals surface area contributed by atoms with Gasteiger partial charge < -0.3 is 9.22 Å². The van der Waals surface area contributed by atoms with Gasteiger partial charge in [0.2, 0.25) is 0 Å². The standard InChI is InChI=1S/C11H20NO2/c1-4-12(3)8-6-10(7-9-12)11(13)14-5-2/h6H,4-5,7-9H2,1-3H3/q+1. The van der Waals surface area contributed by atoms with E-state index in [1.54, 1.807) is 0 Å². The highest BCUT2D eigenvalue weighted by Gasteiger charge is 2.25. The van der Waals surface area contributed by atoms with E-state index in [1.807, 2.05) is 13.0 Å². The number of hydrogen-bond donors (Lipinski definition) is 0. The minimum absolute atomic E-state index is 0.130. The van der Waals surface area contributed by atoms with E-state index in [1.165, 1.54) is 0 Å². The topological polar surface area (TPSA) is 26.3 Å². The molecule has 0 saturated carbocycles. The molecule has 80 valence electrons. The summed E-state index contributed by atoms with van der Waals surface area (Å²) >= 11 is 0. The first kappa shape index (κ1) is 11.2. The Balaban J connectivity index is 2.57. The fourth-order valence-corrected chi connectivity index (χ4v) is 1.61. The molecular weight excluding hydrogens is 178 g/mol. The summed E-state index contributed by atoms with van der Waals surface area (Å²) in [6.07, 6.45) is 2.88.